The van der Waals surface area contributed by atoms with Gasteiger partial charge in [-0.05, 0) is 47.5 Å². The van der Waals surface area contributed by atoms with Crippen molar-refractivity contribution in [1.82, 2.24) is 10.2 Å². The molecule has 2 amide bonds. The average molecular weight is 372 g/mol. The van der Waals surface area contributed by atoms with E-state index in [0.29, 0.717) is 38.0 Å². The Morgan fingerprint density at radius 2 is 2.00 bits per heavy atom. The van der Waals surface area contributed by atoms with Crippen molar-refractivity contribution in [2.75, 3.05) is 13.1 Å². The SMILES string of the molecule is O=C(O)c1ccc2c(c1)CN(C(=O)CCCNC(=O)c1ccsc1)CC2. The van der Waals surface area contributed by atoms with Crippen LogP contribution in [0, 0.1) is 0 Å². The van der Waals surface area contributed by atoms with Crippen LogP contribution in [0.25, 0.3) is 0 Å². The fourth-order valence-electron chi connectivity index (χ4n) is 3.00. The second kappa shape index (κ2) is 8.14. The first-order valence-electron chi connectivity index (χ1n) is 8.48. The Kier molecular flexibility index (Phi) is 5.68. The smallest absolute Gasteiger partial charge is 0.335 e. The molecule has 0 fully saturated rings. The molecular formula is C19H20N2O4S. The van der Waals surface area contributed by atoms with Gasteiger partial charge in [0.25, 0.3) is 5.91 Å². The van der Waals surface area contributed by atoms with Crippen LogP contribution < -0.4 is 5.32 Å². The van der Waals surface area contributed by atoms with Crippen molar-refractivity contribution >= 4 is 29.1 Å². The van der Waals surface area contributed by atoms with Gasteiger partial charge < -0.3 is 15.3 Å². The van der Waals surface area contributed by atoms with E-state index in [1.165, 1.54) is 11.3 Å². The lowest BCUT2D eigenvalue weighted by atomic mass is 9.97. The van der Waals surface area contributed by atoms with Crippen molar-refractivity contribution < 1.29 is 19.5 Å². The molecule has 0 bridgehead atoms. The molecule has 0 saturated carbocycles. The highest BCUT2D eigenvalue weighted by molar-refractivity contribution is 7.08. The molecule has 0 atom stereocenters. The zero-order valence-electron chi connectivity index (χ0n) is 14.2. The fourth-order valence-corrected chi connectivity index (χ4v) is 3.63. The monoisotopic (exact) mass is 372 g/mol. The summed E-state index contributed by atoms with van der Waals surface area (Å²) in [6, 6.07) is 6.86. The first kappa shape index (κ1) is 18.1. The van der Waals surface area contributed by atoms with Crippen LogP contribution in [-0.2, 0) is 17.8 Å². The van der Waals surface area contributed by atoms with Crippen molar-refractivity contribution in [3.8, 4) is 0 Å². The molecule has 0 saturated heterocycles. The predicted molar refractivity (Wildman–Crippen MR) is 98.4 cm³/mol. The van der Waals surface area contributed by atoms with E-state index in [1.54, 1.807) is 28.5 Å². The molecule has 1 aliphatic rings. The van der Waals surface area contributed by atoms with E-state index < -0.39 is 5.97 Å². The van der Waals surface area contributed by atoms with Crippen molar-refractivity contribution in [3.05, 3.63) is 57.3 Å². The molecular weight excluding hydrogens is 352 g/mol. The summed E-state index contributed by atoms with van der Waals surface area (Å²) in [5.41, 5.74) is 2.88. The molecule has 26 heavy (non-hydrogen) atoms. The third-order valence-corrected chi connectivity index (χ3v) is 5.14. The van der Waals surface area contributed by atoms with Gasteiger partial charge in [-0.1, -0.05) is 6.07 Å². The highest BCUT2D eigenvalue weighted by Crippen LogP contribution is 2.21. The van der Waals surface area contributed by atoms with Crippen LogP contribution in [0.3, 0.4) is 0 Å². The minimum atomic E-state index is -0.961. The van der Waals surface area contributed by atoms with E-state index >= 15 is 0 Å². The number of carbonyl (C=O) groups excluding carboxylic acids is 2. The number of thiophene rings is 1. The highest BCUT2D eigenvalue weighted by Gasteiger charge is 2.21. The van der Waals surface area contributed by atoms with E-state index in [0.717, 1.165) is 17.5 Å². The van der Waals surface area contributed by atoms with Gasteiger partial charge in [0.05, 0.1) is 5.56 Å². The normalized spacial score (nSPS) is 13.2. The van der Waals surface area contributed by atoms with E-state index in [9.17, 15) is 14.4 Å². The van der Waals surface area contributed by atoms with Crippen molar-refractivity contribution in [2.45, 2.75) is 25.8 Å². The quantitative estimate of drug-likeness (QED) is 0.763. The Morgan fingerprint density at radius 3 is 2.73 bits per heavy atom. The standard InChI is InChI=1S/C19H20N2O4S/c22-17(2-1-7-20-18(23)15-6-9-26-12-15)21-8-5-13-3-4-14(19(24)25)10-16(13)11-21/h3-4,6,9-10,12H,1-2,5,7-8,11H2,(H,20,23)(H,24,25). The third kappa shape index (κ3) is 4.29. The molecule has 2 heterocycles. The molecule has 1 aliphatic heterocycles. The Bertz CT molecular complexity index is 817. The summed E-state index contributed by atoms with van der Waals surface area (Å²) in [5.74, 6) is -1.05. The number of carbonyl (C=O) groups is 3. The van der Waals surface area contributed by atoms with Crippen LogP contribution in [0.5, 0.6) is 0 Å². The molecule has 136 valence electrons. The molecule has 2 N–H and O–H groups in total. The molecule has 0 radical (unpaired) electrons. The summed E-state index contributed by atoms with van der Waals surface area (Å²) in [7, 11) is 0. The Morgan fingerprint density at radius 1 is 1.15 bits per heavy atom. The maximum absolute atomic E-state index is 12.4. The molecule has 6 nitrogen and oxygen atoms in total. The number of rotatable bonds is 6. The number of benzene rings is 1. The van der Waals surface area contributed by atoms with Gasteiger partial charge >= 0.3 is 5.97 Å². The lowest BCUT2D eigenvalue weighted by Gasteiger charge is -2.29. The van der Waals surface area contributed by atoms with Crippen LogP contribution in [0.2, 0.25) is 0 Å². The topological polar surface area (TPSA) is 86.7 Å². The predicted octanol–water partition coefficient (Wildman–Crippen LogP) is 2.54. The van der Waals surface area contributed by atoms with E-state index in [1.807, 2.05) is 11.4 Å². The summed E-state index contributed by atoms with van der Waals surface area (Å²) in [6.07, 6.45) is 1.67. The van der Waals surface area contributed by atoms with Gasteiger partial charge in [-0.15, -0.1) is 0 Å². The Labute approximate surface area is 155 Å². The minimum absolute atomic E-state index is 0.0289. The maximum Gasteiger partial charge on any atom is 0.335 e. The Hall–Kier alpha value is -2.67. The number of fused-ring (bicyclic) bond motifs is 1. The first-order chi connectivity index (χ1) is 12.5. The number of aromatic carboxylic acids is 1. The number of carboxylic acid groups (broad SMARTS) is 1. The van der Waals surface area contributed by atoms with Gasteiger partial charge in [0.1, 0.15) is 0 Å². The van der Waals surface area contributed by atoms with Gasteiger partial charge in [0, 0.05) is 37.0 Å². The highest BCUT2D eigenvalue weighted by atomic mass is 32.1. The largest absolute Gasteiger partial charge is 0.478 e. The van der Waals surface area contributed by atoms with E-state index in [2.05, 4.69) is 5.32 Å². The van der Waals surface area contributed by atoms with Gasteiger partial charge in [-0.25, -0.2) is 4.79 Å². The van der Waals surface area contributed by atoms with Crippen LogP contribution in [0.15, 0.2) is 35.0 Å². The fraction of sp³-hybridized carbons (Fsp3) is 0.316. The number of hydrogen-bond acceptors (Lipinski definition) is 4. The van der Waals surface area contributed by atoms with Crippen LogP contribution in [0.1, 0.15) is 44.7 Å². The summed E-state index contributed by atoms with van der Waals surface area (Å²) < 4.78 is 0. The maximum atomic E-state index is 12.4. The molecule has 1 aromatic heterocycles. The van der Waals surface area contributed by atoms with Gasteiger partial charge in [-0.2, -0.15) is 11.3 Å². The number of nitrogens with zero attached hydrogens (tertiary/aromatic N) is 1. The van der Waals surface area contributed by atoms with Gasteiger partial charge in [-0.3, -0.25) is 9.59 Å². The summed E-state index contributed by atoms with van der Waals surface area (Å²) in [4.78, 5) is 37.1. The van der Waals surface area contributed by atoms with Gasteiger partial charge in [0.2, 0.25) is 5.91 Å². The molecule has 0 spiro atoms. The lowest BCUT2D eigenvalue weighted by molar-refractivity contribution is -0.132. The van der Waals surface area contributed by atoms with E-state index in [-0.39, 0.29) is 17.4 Å². The molecule has 1 aromatic carbocycles. The van der Waals surface area contributed by atoms with Crippen LogP contribution in [0.4, 0.5) is 0 Å². The van der Waals surface area contributed by atoms with E-state index in [4.69, 9.17) is 5.11 Å². The molecule has 0 aliphatic carbocycles. The zero-order chi connectivity index (χ0) is 18.5. The minimum Gasteiger partial charge on any atom is -0.478 e. The average Bonchev–Trinajstić information content (AvgIpc) is 3.18. The number of amides is 2. The molecule has 3 rings (SSSR count). The number of nitrogens with one attached hydrogen (secondary N) is 1. The van der Waals surface area contributed by atoms with Crippen molar-refractivity contribution in [3.63, 3.8) is 0 Å². The molecule has 2 aromatic rings. The number of hydrogen-bond donors (Lipinski definition) is 2. The van der Waals surface area contributed by atoms with Crippen LogP contribution >= 0.6 is 11.3 Å². The summed E-state index contributed by atoms with van der Waals surface area (Å²) >= 11 is 1.47. The second-order valence-electron chi connectivity index (χ2n) is 6.23. The first-order valence-corrected chi connectivity index (χ1v) is 9.42. The number of carboxylic acids is 1. The molecule has 7 heteroatoms. The van der Waals surface area contributed by atoms with Gasteiger partial charge in [0.15, 0.2) is 0 Å². The lowest BCUT2D eigenvalue weighted by Crippen LogP contribution is -2.36. The summed E-state index contributed by atoms with van der Waals surface area (Å²) in [6.45, 7) is 1.53. The zero-order valence-corrected chi connectivity index (χ0v) is 15.1. The molecule has 0 unspecified atom stereocenters. The van der Waals surface area contributed by atoms with Crippen LogP contribution in [-0.4, -0.2) is 40.9 Å². The second-order valence-corrected chi connectivity index (χ2v) is 7.01. The van der Waals surface area contributed by atoms with Crippen molar-refractivity contribution in [2.24, 2.45) is 0 Å². The van der Waals surface area contributed by atoms with Crippen molar-refractivity contribution in [1.29, 1.82) is 0 Å². The summed E-state index contributed by atoms with van der Waals surface area (Å²) in [5, 5.41) is 15.6. The third-order valence-electron chi connectivity index (χ3n) is 4.45. The Balaban J connectivity index is 1.47.